The minimum atomic E-state index is -0.885. The lowest BCUT2D eigenvalue weighted by Crippen LogP contribution is -2.36. The quantitative estimate of drug-likeness (QED) is 0.736. The van der Waals surface area contributed by atoms with Crippen molar-refractivity contribution >= 4 is 11.9 Å². The third kappa shape index (κ3) is 3.69. The minimum absolute atomic E-state index is 0.0522. The van der Waals surface area contributed by atoms with Crippen LogP contribution >= 0.6 is 0 Å². The Morgan fingerprint density at radius 3 is 2.32 bits per heavy atom. The maximum atomic E-state index is 12.1. The van der Waals surface area contributed by atoms with Gasteiger partial charge < -0.3 is 15.2 Å². The number of carboxylic acid groups (broad SMARTS) is 1. The molecular formula is C14H25NO4. The summed E-state index contributed by atoms with van der Waals surface area (Å²) in [7, 11) is 1.65. The standard InChI is InChI=1S/C14H25NO4/c1-13(2,6-7-19-5)8-15-11(16)9-10(12(17)18)14(9,3)4/h9-10H,6-8H2,1-5H3,(H,15,16)(H,17,18)/t9-,10+/m0/s1. The van der Waals surface area contributed by atoms with E-state index in [-0.39, 0.29) is 11.3 Å². The van der Waals surface area contributed by atoms with Gasteiger partial charge in [-0.15, -0.1) is 0 Å². The van der Waals surface area contributed by atoms with Crippen LogP contribution in [0.4, 0.5) is 0 Å². The molecule has 0 unspecified atom stereocenters. The molecule has 2 N–H and O–H groups in total. The van der Waals surface area contributed by atoms with E-state index < -0.39 is 23.2 Å². The largest absolute Gasteiger partial charge is 0.481 e. The number of carbonyl (C=O) groups excluding carboxylic acids is 1. The number of carboxylic acids is 1. The first-order chi connectivity index (χ1) is 8.63. The molecular weight excluding hydrogens is 246 g/mol. The maximum Gasteiger partial charge on any atom is 0.307 e. The van der Waals surface area contributed by atoms with Crippen LogP contribution in [-0.4, -0.2) is 37.2 Å². The van der Waals surface area contributed by atoms with Crippen molar-refractivity contribution in [2.45, 2.75) is 34.1 Å². The molecule has 2 atom stereocenters. The number of aliphatic carboxylic acids is 1. The highest BCUT2D eigenvalue weighted by atomic mass is 16.5. The second kappa shape index (κ2) is 5.49. The number of hydrogen-bond donors (Lipinski definition) is 2. The second-order valence-corrected chi connectivity index (χ2v) is 6.74. The normalized spacial score (nSPS) is 24.9. The van der Waals surface area contributed by atoms with Crippen LogP contribution in [0.1, 0.15) is 34.1 Å². The fourth-order valence-corrected chi connectivity index (χ4v) is 2.49. The Morgan fingerprint density at radius 2 is 1.89 bits per heavy atom. The first kappa shape index (κ1) is 16.0. The fourth-order valence-electron chi connectivity index (χ4n) is 2.49. The molecule has 1 aliphatic rings. The van der Waals surface area contributed by atoms with E-state index >= 15 is 0 Å². The molecule has 0 spiro atoms. The van der Waals surface area contributed by atoms with Gasteiger partial charge >= 0.3 is 5.97 Å². The van der Waals surface area contributed by atoms with Crippen molar-refractivity contribution in [3.8, 4) is 0 Å². The summed E-state index contributed by atoms with van der Waals surface area (Å²) in [5.41, 5.74) is -0.490. The van der Waals surface area contributed by atoms with Gasteiger partial charge in [0.25, 0.3) is 0 Å². The molecule has 110 valence electrons. The van der Waals surface area contributed by atoms with E-state index in [0.29, 0.717) is 13.2 Å². The number of nitrogens with one attached hydrogen (secondary N) is 1. The summed E-state index contributed by atoms with van der Waals surface area (Å²) >= 11 is 0. The first-order valence-corrected chi connectivity index (χ1v) is 6.63. The number of carbonyl (C=O) groups is 2. The predicted molar refractivity (Wildman–Crippen MR) is 71.7 cm³/mol. The lowest BCUT2D eigenvalue weighted by Gasteiger charge is -2.24. The molecule has 1 rings (SSSR count). The SMILES string of the molecule is COCCC(C)(C)CNC(=O)[C@@H]1[C@H](C(=O)O)C1(C)C. The Morgan fingerprint density at radius 1 is 1.32 bits per heavy atom. The zero-order valence-corrected chi connectivity index (χ0v) is 12.4. The van der Waals surface area contributed by atoms with E-state index in [1.807, 2.05) is 13.8 Å². The number of amides is 1. The Balaban J connectivity index is 2.47. The van der Waals surface area contributed by atoms with Crippen LogP contribution in [-0.2, 0) is 14.3 Å². The van der Waals surface area contributed by atoms with E-state index in [1.54, 1.807) is 7.11 Å². The van der Waals surface area contributed by atoms with Crippen molar-refractivity contribution in [1.29, 1.82) is 0 Å². The molecule has 0 heterocycles. The summed E-state index contributed by atoms with van der Waals surface area (Å²) in [6.45, 7) is 8.94. The van der Waals surface area contributed by atoms with Gasteiger partial charge in [0.1, 0.15) is 0 Å². The predicted octanol–water partition coefficient (Wildman–Crippen LogP) is 1.52. The Kier molecular flexibility index (Phi) is 4.61. The van der Waals surface area contributed by atoms with Crippen molar-refractivity contribution in [3.05, 3.63) is 0 Å². The summed E-state index contributed by atoms with van der Waals surface area (Å²) in [5, 5.41) is 11.9. The van der Waals surface area contributed by atoms with Gasteiger partial charge in [-0.1, -0.05) is 27.7 Å². The molecule has 1 aliphatic carbocycles. The Bertz CT molecular complexity index is 362. The summed E-state index contributed by atoms with van der Waals surface area (Å²) in [6, 6.07) is 0. The highest BCUT2D eigenvalue weighted by Crippen LogP contribution is 2.58. The Hall–Kier alpha value is -1.10. The molecule has 0 aromatic rings. The number of hydrogen-bond acceptors (Lipinski definition) is 3. The summed E-state index contributed by atoms with van der Waals surface area (Å²) < 4.78 is 5.04. The third-order valence-corrected chi connectivity index (χ3v) is 4.10. The molecule has 1 fully saturated rings. The van der Waals surface area contributed by atoms with E-state index in [2.05, 4.69) is 19.2 Å². The fraction of sp³-hybridized carbons (Fsp3) is 0.857. The van der Waals surface area contributed by atoms with Crippen LogP contribution in [0.15, 0.2) is 0 Å². The third-order valence-electron chi connectivity index (χ3n) is 4.10. The highest BCUT2D eigenvalue weighted by molar-refractivity contribution is 5.91. The van der Waals surface area contributed by atoms with Gasteiger partial charge in [0.15, 0.2) is 0 Å². The van der Waals surface area contributed by atoms with Gasteiger partial charge in [-0.2, -0.15) is 0 Å². The van der Waals surface area contributed by atoms with Crippen LogP contribution in [0, 0.1) is 22.7 Å². The summed E-state index contributed by atoms with van der Waals surface area (Å²) in [4.78, 5) is 23.1. The average Bonchev–Trinajstić information content (AvgIpc) is 2.87. The van der Waals surface area contributed by atoms with Crippen molar-refractivity contribution in [2.24, 2.45) is 22.7 Å². The van der Waals surface area contributed by atoms with Crippen LogP contribution in [0.5, 0.6) is 0 Å². The van der Waals surface area contributed by atoms with Crippen LogP contribution in [0.2, 0.25) is 0 Å². The number of rotatable bonds is 7. The van der Waals surface area contributed by atoms with Gasteiger partial charge in [0.2, 0.25) is 5.91 Å². The average molecular weight is 271 g/mol. The molecule has 0 radical (unpaired) electrons. The van der Waals surface area contributed by atoms with Crippen molar-refractivity contribution in [2.75, 3.05) is 20.3 Å². The highest BCUT2D eigenvalue weighted by Gasteiger charge is 2.65. The molecule has 5 heteroatoms. The van der Waals surface area contributed by atoms with Crippen molar-refractivity contribution < 1.29 is 19.4 Å². The van der Waals surface area contributed by atoms with E-state index in [1.165, 1.54) is 0 Å². The molecule has 0 saturated heterocycles. The van der Waals surface area contributed by atoms with Gasteiger partial charge in [-0.25, -0.2) is 0 Å². The zero-order valence-electron chi connectivity index (χ0n) is 12.4. The molecule has 0 bridgehead atoms. The Labute approximate surface area is 114 Å². The second-order valence-electron chi connectivity index (χ2n) is 6.74. The molecule has 1 saturated carbocycles. The molecule has 0 aromatic heterocycles. The van der Waals surface area contributed by atoms with E-state index in [0.717, 1.165) is 6.42 Å². The molecule has 1 amide bonds. The zero-order chi connectivity index (χ0) is 14.8. The van der Waals surface area contributed by atoms with Gasteiger partial charge in [0.05, 0.1) is 11.8 Å². The lowest BCUT2D eigenvalue weighted by molar-refractivity contribution is -0.140. The van der Waals surface area contributed by atoms with Crippen LogP contribution in [0.3, 0.4) is 0 Å². The van der Waals surface area contributed by atoms with Crippen molar-refractivity contribution in [3.63, 3.8) is 0 Å². The number of ether oxygens (including phenoxy) is 1. The van der Waals surface area contributed by atoms with E-state index in [9.17, 15) is 9.59 Å². The molecule has 0 aliphatic heterocycles. The maximum absolute atomic E-state index is 12.1. The topological polar surface area (TPSA) is 75.6 Å². The number of methoxy groups -OCH3 is 1. The first-order valence-electron chi connectivity index (χ1n) is 6.63. The summed E-state index contributed by atoms with van der Waals surface area (Å²) in [5.74, 6) is -2.01. The van der Waals surface area contributed by atoms with Gasteiger partial charge in [-0.3, -0.25) is 9.59 Å². The van der Waals surface area contributed by atoms with Gasteiger partial charge in [-0.05, 0) is 17.3 Å². The molecule has 5 nitrogen and oxygen atoms in total. The smallest absolute Gasteiger partial charge is 0.307 e. The van der Waals surface area contributed by atoms with Gasteiger partial charge in [0, 0.05) is 20.3 Å². The monoisotopic (exact) mass is 271 g/mol. The van der Waals surface area contributed by atoms with E-state index in [4.69, 9.17) is 9.84 Å². The molecule has 0 aromatic carbocycles. The van der Waals surface area contributed by atoms with Crippen LogP contribution in [0.25, 0.3) is 0 Å². The lowest BCUT2D eigenvalue weighted by atomic mass is 9.89. The minimum Gasteiger partial charge on any atom is -0.481 e. The van der Waals surface area contributed by atoms with Crippen molar-refractivity contribution in [1.82, 2.24) is 5.32 Å². The summed E-state index contributed by atoms with van der Waals surface area (Å²) in [6.07, 6.45) is 0.847. The molecule has 19 heavy (non-hydrogen) atoms. The van der Waals surface area contributed by atoms with Crippen LogP contribution < -0.4 is 5.32 Å².